The molecule has 4 aromatic carbocycles. The fourth-order valence-electron chi connectivity index (χ4n) is 3.80. The van der Waals surface area contributed by atoms with Crippen LogP contribution in [0.15, 0.2) is 95.8 Å². The molecule has 1 heterocycles. The van der Waals surface area contributed by atoms with Gasteiger partial charge in [0, 0.05) is 5.56 Å². The lowest BCUT2D eigenvalue weighted by molar-refractivity contribution is 0.306. The number of nitrogens with zero attached hydrogens (tertiary/aromatic N) is 2. The molecule has 33 heavy (non-hydrogen) atoms. The number of hydrogen-bond donors (Lipinski definition) is 1. The summed E-state index contributed by atoms with van der Waals surface area (Å²) in [6.07, 6.45) is 1.73. The molecule has 0 aliphatic rings. The number of nitrogens with one attached hydrogen (secondary N) is 1. The molecule has 5 rings (SSSR count). The largest absolute Gasteiger partial charge is 0.488 e. The van der Waals surface area contributed by atoms with Gasteiger partial charge in [-0.2, -0.15) is 5.26 Å². The Morgan fingerprint density at radius 1 is 0.909 bits per heavy atom. The van der Waals surface area contributed by atoms with Gasteiger partial charge in [0.05, 0.1) is 16.5 Å². The van der Waals surface area contributed by atoms with Gasteiger partial charge < -0.3 is 9.72 Å². The zero-order valence-corrected chi connectivity index (χ0v) is 17.7. The number of aromatic amines is 1. The molecule has 5 heteroatoms. The smallest absolute Gasteiger partial charge is 0.259 e. The summed E-state index contributed by atoms with van der Waals surface area (Å²) in [5, 5.41) is 12.4. The van der Waals surface area contributed by atoms with Gasteiger partial charge in [0.2, 0.25) is 0 Å². The number of para-hydroxylation sites is 1. The zero-order chi connectivity index (χ0) is 22.6. The van der Waals surface area contributed by atoms with E-state index in [1.165, 1.54) is 0 Å². The molecule has 0 aliphatic carbocycles. The van der Waals surface area contributed by atoms with Crippen molar-refractivity contribution >= 4 is 33.3 Å². The molecule has 0 saturated heterocycles. The van der Waals surface area contributed by atoms with Gasteiger partial charge in [-0.25, -0.2) is 4.98 Å². The Balaban J connectivity index is 1.64. The summed E-state index contributed by atoms with van der Waals surface area (Å²) >= 11 is 0. The minimum absolute atomic E-state index is 0.225. The Morgan fingerprint density at radius 2 is 1.64 bits per heavy atom. The fraction of sp³-hybridized carbons (Fsp3) is 0.0357. The predicted molar refractivity (Wildman–Crippen MR) is 131 cm³/mol. The molecule has 1 N–H and O–H groups in total. The number of H-pyrrole nitrogens is 1. The van der Waals surface area contributed by atoms with Gasteiger partial charge >= 0.3 is 0 Å². The number of nitriles is 1. The van der Waals surface area contributed by atoms with Crippen molar-refractivity contribution in [2.45, 2.75) is 6.61 Å². The molecule has 0 radical (unpaired) electrons. The average molecular weight is 429 g/mol. The first-order chi connectivity index (χ1) is 16.2. The maximum absolute atomic E-state index is 12.6. The van der Waals surface area contributed by atoms with Crippen LogP contribution in [0, 0.1) is 11.3 Å². The predicted octanol–water partition coefficient (Wildman–Crippen LogP) is 5.72. The summed E-state index contributed by atoms with van der Waals surface area (Å²) in [5.41, 5.74) is 2.31. The number of hydrogen-bond acceptors (Lipinski definition) is 4. The van der Waals surface area contributed by atoms with Gasteiger partial charge in [0.15, 0.2) is 5.82 Å². The highest BCUT2D eigenvalue weighted by Gasteiger charge is 2.13. The van der Waals surface area contributed by atoms with Crippen molar-refractivity contribution < 1.29 is 4.74 Å². The van der Waals surface area contributed by atoms with Gasteiger partial charge in [0.1, 0.15) is 18.4 Å². The second-order valence-electron chi connectivity index (χ2n) is 7.57. The summed E-state index contributed by atoms with van der Waals surface area (Å²) in [5.74, 6) is 0.872. The van der Waals surface area contributed by atoms with Gasteiger partial charge in [0.25, 0.3) is 5.56 Å². The Morgan fingerprint density at radius 3 is 2.45 bits per heavy atom. The molecule has 0 bridgehead atoms. The van der Waals surface area contributed by atoms with Crippen LogP contribution >= 0.6 is 0 Å². The molecular weight excluding hydrogens is 410 g/mol. The van der Waals surface area contributed by atoms with Crippen LogP contribution in [-0.4, -0.2) is 9.97 Å². The third-order valence-corrected chi connectivity index (χ3v) is 5.44. The number of allylic oxidation sites excluding steroid dienone is 1. The quantitative estimate of drug-likeness (QED) is 0.363. The summed E-state index contributed by atoms with van der Waals surface area (Å²) in [6.45, 7) is 0.396. The molecule has 5 aromatic rings. The van der Waals surface area contributed by atoms with Crippen LogP contribution in [0.3, 0.4) is 0 Å². The number of benzene rings is 4. The Labute approximate surface area is 190 Å². The average Bonchev–Trinajstić information content (AvgIpc) is 2.87. The molecule has 5 nitrogen and oxygen atoms in total. The van der Waals surface area contributed by atoms with E-state index in [2.05, 4.69) is 16.0 Å². The standard InChI is InChI=1S/C28H19N3O2/c29-17-21(27-30-25-13-7-6-12-23(25)28(32)31-27)16-24-22-11-5-4-10-20(22)14-15-26(24)33-18-19-8-2-1-3-9-19/h1-16H,18H2,(H,30,31,32). The summed E-state index contributed by atoms with van der Waals surface area (Å²) in [6, 6.07) is 31.0. The van der Waals surface area contributed by atoms with Gasteiger partial charge in [-0.15, -0.1) is 0 Å². The highest BCUT2D eigenvalue weighted by molar-refractivity contribution is 5.99. The summed E-state index contributed by atoms with van der Waals surface area (Å²) in [7, 11) is 0. The number of aromatic nitrogens is 2. The fourth-order valence-corrected chi connectivity index (χ4v) is 3.80. The monoisotopic (exact) mass is 429 g/mol. The molecular formula is C28H19N3O2. The molecule has 0 aliphatic heterocycles. The Kier molecular flexibility index (Phi) is 5.40. The molecule has 0 fully saturated rings. The van der Waals surface area contributed by atoms with Crippen molar-refractivity contribution in [3.63, 3.8) is 0 Å². The van der Waals surface area contributed by atoms with Crippen LogP contribution in [-0.2, 0) is 6.61 Å². The lowest BCUT2D eigenvalue weighted by atomic mass is 10.0. The van der Waals surface area contributed by atoms with Crippen molar-refractivity contribution in [2.75, 3.05) is 0 Å². The third kappa shape index (κ3) is 4.10. The molecule has 0 atom stereocenters. The van der Waals surface area contributed by atoms with E-state index in [9.17, 15) is 10.1 Å². The second-order valence-corrected chi connectivity index (χ2v) is 7.57. The maximum atomic E-state index is 12.6. The Hall–Kier alpha value is -4.69. The van der Waals surface area contributed by atoms with Crippen LogP contribution in [0.4, 0.5) is 0 Å². The summed E-state index contributed by atoms with van der Waals surface area (Å²) in [4.78, 5) is 19.8. The first kappa shape index (κ1) is 20.2. The van der Waals surface area contributed by atoms with E-state index < -0.39 is 0 Å². The van der Waals surface area contributed by atoms with E-state index in [4.69, 9.17) is 4.74 Å². The van der Waals surface area contributed by atoms with E-state index in [0.717, 1.165) is 21.9 Å². The lowest BCUT2D eigenvalue weighted by Gasteiger charge is -2.13. The minimum Gasteiger partial charge on any atom is -0.488 e. The van der Waals surface area contributed by atoms with Crippen molar-refractivity contribution in [1.82, 2.24) is 9.97 Å². The van der Waals surface area contributed by atoms with Crippen LogP contribution in [0.2, 0.25) is 0 Å². The van der Waals surface area contributed by atoms with E-state index in [1.807, 2.05) is 72.8 Å². The second kappa shape index (κ2) is 8.81. The van der Waals surface area contributed by atoms with Crippen molar-refractivity contribution in [3.8, 4) is 11.8 Å². The number of fused-ring (bicyclic) bond motifs is 2. The molecule has 1 aromatic heterocycles. The van der Waals surface area contributed by atoms with Crippen LogP contribution < -0.4 is 10.3 Å². The highest BCUT2D eigenvalue weighted by atomic mass is 16.5. The van der Waals surface area contributed by atoms with E-state index in [1.54, 1.807) is 24.3 Å². The van der Waals surface area contributed by atoms with Crippen molar-refractivity contribution in [1.29, 1.82) is 5.26 Å². The molecule has 0 amide bonds. The third-order valence-electron chi connectivity index (χ3n) is 5.44. The highest BCUT2D eigenvalue weighted by Crippen LogP contribution is 2.32. The van der Waals surface area contributed by atoms with E-state index in [-0.39, 0.29) is 17.0 Å². The van der Waals surface area contributed by atoms with E-state index >= 15 is 0 Å². The van der Waals surface area contributed by atoms with Crippen molar-refractivity contribution in [2.24, 2.45) is 0 Å². The van der Waals surface area contributed by atoms with Crippen LogP contribution in [0.1, 0.15) is 17.0 Å². The van der Waals surface area contributed by atoms with Crippen LogP contribution in [0.25, 0.3) is 33.3 Å². The first-order valence-corrected chi connectivity index (χ1v) is 10.5. The lowest BCUT2D eigenvalue weighted by Crippen LogP contribution is -2.11. The zero-order valence-electron chi connectivity index (χ0n) is 17.7. The van der Waals surface area contributed by atoms with Gasteiger partial charge in [-0.3, -0.25) is 4.79 Å². The molecule has 0 saturated carbocycles. The SMILES string of the molecule is N#CC(=Cc1c(OCc2ccccc2)ccc2ccccc12)c1nc2ccccc2c(=O)[nH]1. The summed E-state index contributed by atoms with van der Waals surface area (Å²) < 4.78 is 6.16. The molecule has 158 valence electrons. The van der Waals surface area contributed by atoms with E-state index in [0.29, 0.717) is 23.3 Å². The van der Waals surface area contributed by atoms with Gasteiger partial charge in [-0.1, -0.05) is 72.8 Å². The van der Waals surface area contributed by atoms with Crippen molar-refractivity contribution in [3.05, 3.63) is 118 Å². The Bertz CT molecular complexity index is 1600. The minimum atomic E-state index is -0.282. The normalized spacial score (nSPS) is 11.4. The number of rotatable bonds is 5. The topological polar surface area (TPSA) is 78.8 Å². The maximum Gasteiger partial charge on any atom is 0.259 e. The van der Waals surface area contributed by atoms with Crippen LogP contribution in [0.5, 0.6) is 5.75 Å². The van der Waals surface area contributed by atoms with Gasteiger partial charge in [-0.05, 0) is 40.6 Å². The number of ether oxygens (including phenoxy) is 1. The first-order valence-electron chi connectivity index (χ1n) is 10.5. The molecule has 0 spiro atoms. The molecule has 0 unspecified atom stereocenters.